The summed E-state index contributed by atoms with van der Waals surface area (Å²) >= 11 is 0. The van der Waals surface area contributed by atoms with Gasteiger partial charge in [0.2, 0.25) is 0 Å². The monoisotopic (exact) mass is 343 g/mol. The number of anilines is 1. The zero-order chi connectivity index (χ0) is 18.2. The Balaban J connectivity index is 2.16. The maximum Gasteiger partial charge on any atom is 0.416 e. The Hall–Kier alpha value is -3.13. The van der Waals surface area contributed by atoms with Crippen LogP contribution >= 0.6 is 0 Å². The van der Waals surface area contributed by atoms with E-state index in [0.29, 0.717) is 12.1 Å². The molecule has 1 fully saturated rings. The fourth-order valence-corrected chi connectivity index (χ4v) is 2.38. The van der Waals surface area contributed by atoms with Crippen LogP contribution in [0.4, 0.5) is 16.4 Å². The number of hydrogen-bond donors (Lipinski definition) is 0. The number of aromatic nitrogens is 3. The van der Waals surface area contributed by atoms with Gasteiger partial charge in [-0.15, -0.1) is 0 Å². The van der Waals surface area contributed by atoms with E-state index in [1.54, 1.807) is 20.8 Å². The van der Waals surface area contributed by atoms with Crippen molar-refractivity contribution in [1.82, 2.24) is 14.6 Å². The smallest absolute Gasteiger partial charge is 0.416 e. The van der Waals surface area contributed by atoms with E-state index in [1.807, 2.05) is 0 Å². The molecule has 0 aliphatic heterocycles. The maximum absolute atomic E-state index is 12.7. The third-order valence-electron chi connectivity index (χ3n) is 3.49. The fourth-order valence-electron chi connectivity index (χ4n) is 2.38. The summed E-state index contributed by atoms with van der Waals surface area (Å²) in [5.41, 5.74) is 8.48. The van der Waals surface area contributed by atoms with Crippen molar-refractivity contribution in [1.29, 1.82) is 0 Å². The number of azide groups is 1. The molecule has 0 aromatic carbocycles. The van der Waals surface area contributed by atoms with Crippen molar-refractivity contribution in [2.75, 3.05) is 4.90 Å². The lowest BCUT2D eigenvalue weighted by Crippen LogP contribution is -2.39. The SMILES string of the molecule is CC(C)(C)OC(=O)N(c1cc(N=[N+]=[N-])nc2c(C=O)cnn12)C1CC1. The van der Waals surface area contributed by atoms with Crippen LogP contribution in [-0.4, -0.2) is 38.6 Å². The Morgan fingerprint density at radius 2 is 2.24 bits per heavy atom. The van der Waals surface area contributed by atoms with Gasteiger partial charge >= 0.3 is 6.09 Å². The lowest BCUT2D eigenvalue weighted by atomic mass is 10.2. The number of nitrogens with zero attached hydrogens (tertiary/aromatic N) is 7. The van der Waals surface area contributed by atoms with Crippen LogP contribution in [0.5, 0.6) is 0 Å². The Bertz CT molecular complexity index is 888. The van der Waals surface area contributed by atoms with Gasteiger partial charge in [0.25, 0.3) is 0 Å². The van der Waals surface area contributed by atoms with E-state index in [0.717, 1.165) is 12.8 Å². The van der Waals surface area contributed by atoms with E-state index < -0.39 is 11.7 Å². The van der Waals surface area contributed by atoms with Gasteiger partial charge in [-0.1, -0.05) is 0 Å². The molecule has 0 unspecified atom stereocenters. The molecule has 0 bridgehead atoms. The number of aldehydes is 1. The summed E-state index contributed by atoms with van der Waals surface area (Å²) < 4.78 is 6.87. The third-order valence-corrected chi connectivity index (χ3v) is 3.49. The Morgan fingerprint density at radius 1 is 1.52 bits per heavy atom. The first-order valence-electron chi connectivity index (χ1n) is 7.75. The number of hydrogen-bond acceptors (Lipinski definition) is 6. The molecule has 3 rings (SSSR count). The highest BCUT2D eigenvalue weighted by Gasteiger charge is 2.38. The van der Waals surface area contributed by atoms with Crippen molar-refractivity contribution >= 4 is 29.7 Å². The van der Waals surface area contributed by atoms with Gasteiger partial charge in [0.1, 0.15) is 17.2 Å². The van der Waals surface area contributed by atoms with E-state index >= 15 is 0 Å². The van der Waals surface area contributed by atoms with Gasteiger partial charge in [-0.3, -0.25) is 9.69 Å². The standard InChI is InChI=1S/C15H17N7O3/c1-15(2,3)25-14(24)21(10-4-5-10)12-6-11(19-20-16)18-13-9(8-23)7-17-22(12)13/h6-8,10H,4-5H2,1-3H3. The van der Waals surface area contributed by atoms with Crippen molar-refractivity contribution in [2.24, 2.45) is 5.11 Å². The second kappa shape index (κ2) is 6.06. The predicted octanol–water partition coefficient (Wildman–Crippen LogP) is 3.39. The average molecular weight is 343 g/mol. The molecule has 10 heteroatoms. The Morgan fingerprint density at radius 3 is 2.80 bits per heavy atom. The highest BCUT2D eigenvalue weighted by Crippen LogP contribution is 2.34. The fraction of sp³-hybridized carbons (Fsp3) is 0.467. The number of carbonyl (C=O) groups is 2. The summed E-state index contributed by atoms with van der Waals surface area (Å²) in [6, 6.07) is 1.42. The van der Waals surface area contributed by atoms with Crippen LogP contribution in [0.2, 0.25) is 0 Å². The molecule has 2 aromatic heterocycles. The zero-order valence-electron chi connectivity index (χ0n) is 14.1. The van der Waals surface area contributed by atoms with E-state index in [4.69, 9.17) is 10.3 Å². The minimum Gasteiger partial charge on any atom is -0.443 e. The second-order valence-corrected chi connectivity index (χ2v) is 6.70. The normalized spacial score (nSPS) is 14.0. The van der Waals surface area contributed by atoms with Crippen LogP contribution in [0.3, 0.4) is 0 Å². The average Bonchev–Trinajstić information content (AvgIpc) is 3.25. The molecule has 0 saturated heterocycles. The van der Waals surface area contributed by atoms with Gasteiger partial charge in [-0.25, -0.2) is 9.78 Å². The molecule has 25 heavy (non-hydrogen) atoms. The molecule has 0 N–H and O–H groups in total. The second-order valence-electron chi connectivity index (χ2n) is 6.70. The molecule has 2 aromatic rings. The van der Waals surface area contributed by atoms with Crippen molar-refractivity contribution < 1.29 is 14.3 Å². The first-order chi connectivity index (χ1) is 11.8. The molecule has 1 aliphatic rings. The number of carbonyl (C=O) groups excluding carboxylic acids is 2. The molecule has 10 nitrogen and oxygen atoms in total. The van der Waals surface area contributed by atoms with Crippen LogP contribution in [0.1, 0.15) is 44.0 Å². The van der Waals surface area contributed by atoms with Crippen LogP contribution in [0.25, 0.3) is 16.1 Å². The van der Waals surface area contributed by atoms with Crippen molar-refractivity contribution in [3.8, 4) is 0 Å². The van der Waals surface area contributed by atoms with Gasteiger partial charge in [-0.2, -0.15) is 9.61 Å². The van der Waals surface area contributed by atoms with Crippen molar-refractivity contribution in [3.63, 3.8) is 0 Å². The van der Waals surface area contributed by atoms with Crippen LogP contribution < -0.4 is 4.90 Å². The molecule has 130 valence electrons. The van der Waals surface area contributed by atoms with Gasteiger partial charge in [-0.05, 0) is 44.3 Å². The first-order valence-corrected chi connectivity index (χ1v) is 7.75. The third kappa shape index (κ3) is 3.38. The van der Waals surface area contributed by atoms with Crippen molar-refractivity contribution in [3.05, 3.63) is 28.3 Å². The maximum atomic E-state index is 12.7. The molecule has 1 amide bonds. The van der Waals surface area contributed by atoms with Gasteiger partial charge in [0.15, 0.2) is 11.9 Å². The van der Waals surface area contributed by atoms with Gasteiger partial charge in [0.05, 0.1) is 11.8 Å². The predicted molar refractivity (Wildman–Crippen MR) is 88.9 cm³/mol. The lowest BCUT2D eigenvalue weighted by Gasteiger charge is -2.27. The van der Waals surface area contributed by atoms with Crippen LogP contribution in [-0.2, 0) is 4.74 Å². The number of amides is 1. The molecule has 0 radical (unpaired) electrons. The van der Waals surface area contributed by atoms with Crippen LogP contribution in [0.15, 0.2) is 17.4 Å². The topological polar surface area (TPSA) is 126 Å². The summed E-state index contributed by atoms with van der Waals surface area (Å²) in [6.45, 7) is 5.34. The van der Waals surface area contributed by atoms with Gasteiger partial charge < -0.3 is 4.74 Å². The van der Waals surface area contributed by atoms with Crippen molar-refractivity contribution in [2.45, 2.75) is 45.3 Å². The summed E-state index contributed by atoms with van der Waals surface area (Å²) in [4.78, 5) is 32.2. The number of rotatable bonds is 4. The lowest BCUT2D eigenvalue weighted by molar-refractivity contribution is 0.0576. The Labute approximate surface area is 143 Å². The quantitative estimate of drug-likeness (QED) is 0.364. The molecule has 1 saturated carbocycles. The Kier molecular flexibility index (Phi) is 4.05. The summed E-state index contributed by atoms with van der Waals surface area (Å²) in [6.07, 6.45) is 3.06. The summed E-state index contributed by atoms with van der Waals surface area (Å²) in [5.74, 6) is 0.389. The number of fused-ring (bicyclic) bond motifs is 1. The highest BCUT2D eigenvalue weighted by atomic mass is 16.6. The summed E-state index contributed by atoms with van der Waals surface area (Å²) in [5, 5.41) is 7.64. The van der Waals surface area contributed by atoms with Crippen LogP contribution in [0, 0.1) is 0 Å². The first kappa shape index (κ1) is 16.7. The largest absolute Gasteiger partial charge is 0.443 e. The molecule has 0 atom stereocenters. The van der Waals surface area contributed by atoms with E-state index in [2.05, 4.69) is 20.1 Å². The summed E-state index contributed by atoms with van der Waals surface area (Å²) in [7, 11) is 0. The van der Waals surface area contributed by atoms with Gasteiger partial charge in [0, 0.05) is 17.0 Å². The zero-order valence-corrected chi connectivity index (χ0v) is 14.1. The van der Waals surface area contributed by atoms with E-state index in [1.165, 1.54) is 21.7 Å². The highest BCUT2D eigenvalue weighted by molar-refractivity contribution is 5.90. The van der Waals surface area contributed by atoms with E-state index in [-0.39, 0.29) is 23.1 Å². The van der Waals surface area contributed by atoms with E-state index in [9.17, 15) is 9.59 Å². The minimum absolute atomic E-state index is 0.0387. The molecular formula is C15H17N7O3. The number of ether oxygens (including phenoxy) is 1. The molecule has 1 aliphatic carbocycles. The molecular weight excluding hydrogens is 326 g/mol. The molecule has 0 spiro atoms. The minimum atomic E-state index is -0.665. The molecule has 2 heterocycles.